The van der Waals surface area contributed by atoms with Crippen LogP contribution in [0.5, 0.6) is 0 Å². The smallest absolute Gasteiger partial charge is 0.244 e. The van der Waals surface area contributed by atoms with Crippen molar-refractivity contribution in [1.82, 2.24) is 10.2 Å². The number of carbonyl (C=O) groups is 2. The summed E-state index contributed by atoms with van der Waals surface area (Å²) in [6.07, 6.45) is 3.14. The second-order valence-electron chi connectivity index (χ2n) is 10.6. The standard InChI is InChI=1S/C34H39N3O4S/c1-4-5-22-35-34(39)32(23-27-15-7-6-8-16-27)36(24-29-18-10-9-14-26(29)2)33(38)25-37(42(3,40)41)31-21-13-19-28-17-11-12-20-30(28)31/h6-21,32H,4-5,22-25H2,1-3H3,(H,35,39). The molecule has 0 fully saturated rings. The molecule has 1 unspecified atom stereocenters. The van der Waals surface area contributed by atoms with Crippen molar-refractivity contribution in [3.63, 3.8) is 0 Å². The zero-order chi connectivity index (χ0) is 30.1. The lowest BCUT2D eigenvalue weighted by molar-refractivity contribution is -0.140. The van der Waals surface area contributed by atoms with Gasteiger partial charge in [-0.1, -0.05) is 104 Å². The van der Waals surface area contributed by atoms with E-state index in [1.807, 2.05) is 91.9 Å². The molecule has 0 aliphatic carbocycles. The number of benzene rings is 4. The van der Waals surface area contributed by atoms with Crippen LogP contribution in [0.3, 0.4) is 0 Å². The topological polar surface area (TPSA) is 86.8 Å². The second kappa shape index (κ2) is 14.1. The maximum Gasteiger partial charge on any atom is 0.244 e. The summed E-state index contributed by atoms with van der Waals surface area (Å²) in [7, 11) is -3.86. The Bertz CT molecular complexity index is 1620. The van der Waals surface area contributed by atoms with E-state index in [0.29, 0.717) is 18.7 Å². The van der Waals surface area contributed by atoms with Gasteiger partial charge in [0.15, 0.2) is 0 Å². The molecule has 0 heterocycles. The molecule has 0 bridgehead atoms. The van der Waals surface area contributed by atoms with Gasteiger partial charge in [0, 0.05) is 24.9 Å². The van der Waals surface area contributed by atoms with E-state index in [-0.39, 0.29) is 12.5 Å². The van der Waals surface area contributed by atoms with Gasteiger partial charge < -0.3 is 10.2 Å². The maximum atomic E-state index is 14.3. The molecule has 0 aromatic heterocycles. The Morgan fingerprint density at radius 3 is 2.24 bits per heavy atom. The molecular formula is C34H39N3O4S. The number of carbonyl (C=O) groups excluding carboxylic acids is 2. The zero-order valence-corrected chi connectivity index (χ0v) is 25.3. The molecule has 4 rings (SSSR count). The molecule has 7 nitrogen and oxygen atoms in total. The van der Waals surface area contributed by atoms with Crippen LogP contribution < -0.4 is 9.62 Å². The van der Waals surface area contributed by atoms with Gasteiger partial charge in [-0.25, -0.2) is 8.42 Å². The molecule has 0 radical (unpaired) electrons. The number of rotatable bonds is 13. The van der Waals surface area contributed by atoms with Gasteiger partial charge in [0.2, 0.25) is 21.8 Å². The molecule has 0 saturated heterocycles. The van der Waals surface area contributed by atoms with Crippen LogP contribution in [0.25, 0.3) is 10.8 Å². The molecule has 4 aromatic carbocycles. The van der Waals surface area contributed by atoms with E-state index in [2.05, 4.69) is 12.2 Å². The normalized spacial score (nSPS) is 12.1. The van der Waals surface area contributed by atoms with E-state index in [1.165, 1.54) is 0 Å². The summed E-state index contributed by atoms with van der Waals surface area (Å²) in [5.74, 6) is -0.714. The SMILES string of the molecule is CCCCNC(=O)C(Cc1ccccc1)N(Cc1ccccc1C)C(=O)CN(c1cccc2ccccc12)S(C)(=O)=O. The van der Waals surface area contributed by atoms with E-state index in [1.54, 1.807) is 17.0 Å². The number of unbranched alkanes of at least 4 members (excludes halogenated alkanes) is 1. The minimum atomic E-state index is -3.86. The van der Waals surface area contributed by atoms with Crippen LogP contribution in [-0.4, -0.2) is 50.5 Å². The van der Waals surface area contributed by atoms with Gasteiger partial charge in [-0.3, -0.25) is 13.9 Å². The fraction of sp³-hybridized carbons (Fsp3) is 0.294. The highest BCUT2D eigenvalue weighted by Crippen LogP contribution is 2.29. The highest BCUT2D eigenvalue weighted by atomic mass is 32.2. The number of amides is 2. The molecule has 2 amide bonds. The van der Waals surface area contributed by atoms with Crippen LogP contribution in [0.1, 0.15) is 36.5 Å². The van der Waals surface area contributed by atoms with Gasteiger partial charge in [-0.2, -0.15) is 0 Å². The molecular weight excluding hydrogens is 546 g/mol. The number of hydrogen-bond donors (Lipinski definition) is 1. The first-order valence-electron chi connectivity index (χ1n) is 14.3. The van der Waals surface area contributed by atoms with Gasteiger partial charge in [-0.15, -0.1) is 0 Å². The fourth-order valence-corrected chi connectivity index (χ4v) is 5.91. The third-order valence-corrected chi connectivity index (χ3v) is 8.54. The highest BCUT2D eigenvalue weighted by molar-refractivity contribution is 7.92. The number of sulfonamides is 1. The van der Waals surface area contributed by atoms with E-state index in [0.717, 1.165) is 50.9 Å². The summed E-state index contributed by atoms with van der Waals surface area (Å²) in [6, 6.07) is 29.3. The van der Waals surface area contributed by atoms with E-state index < -0.39 is 28.5 Å². The number of anilines is 1. The lowest BCUT2D eigenvalue weighted by atomic mass is 10.0. The number of aryl methyl sites for hydroxylation is 1. The van der Waals surface area contributed by atoms with Gasteiger partial charge >= 0.3 is 0 Å². The highest BCUT2D eigenvalue weighted by Gasteiger charge is 2.33. The van der Waals surface area contributed by atoms with Crippen molar-refractivity contribution in [2.45, 2.75) is 45.7 Å². The third-order valence-electron chi connectivity index (χ3n) is 7.42. The summed E-state index contributed by atoms with van der Waals surface area (Å²) in [6.45, 7) is 4.24. The Hall–Kier alpha value is -4.17. The van der Waals surface area contributed by atoms with Crippen molar-refractivity contribution >= 4 is 38.3 Å². The first kappa shape index (κ1) is 30.8. The Labute approximate surface area is 249 Å². The van der Waals surface area contributed by atoms with Crippen LogP contribution in [0.15, 0.2) is 97.1 Å². The minimum absolute atomic E-state index is 0.164. The average Bonchev–Trinajstić information content (AvgIpc) is 2.98. The Morgan fingerprint density at radius 2 is 1.52 bits per heavy atom. The molecule has 0 spiro atoms. The van der Waals surface area contributed by atoms with Crippen molar-refractivity contribution in [3.8, 4) is 0 Å². The average molecular weight is 586 g/mol. The summed E-state index contributed by atoms with van der Waals surface area (Å²) < 4.78 is 27.5. The van der Waals surface area contributed by atoms with Crippen molar-refractivity contribution < 1.29 is 18.0 Å². The van der Waals surface area contributed by atoms with E-state index in [4.69, 9.17) is 0 Å². The molecule has 0 saturated carbocycles. The third kappa shape index (κ3) is 7.76. The van der Waals surface area contributed by atoms with Gasteiger partial charge in [-0.05, 0) is 41.5 Å². The van der Waals surface area contributed by atoms with Gasteiger partial charge in [0.25, 0.3) is 0 Å². The molecule has 0 aliphatic heterocycles. The van der Waals surface area contributed by atoms with Crippen LogP contribution in [0.2, 0.25) is 0 Å². The zero-order valence-electron chi connectivity index (χ0n) is 24.5. The van der Waals surface area contributed by atoms with Crippen molar-refractivity contribution in [1.29, 1.82) is 0 Å². The Morgan fingerprint density at radius 1 is 0.857 bits per heavy atom. The predicted octanol–water partition coefficient (Wildman–Crippen LogP) is 5.47. The molecule has 4 aromatic rings. The minimum Gasteiger partial charge on any atom is -0.354 e. The van der Waals surface area contributed by atoms with Gasteiger partial charge in [0.1, 0.15) is 12.6 Å². The molecule has 1 atom stereocenters. The van der Waals surface area contributed by atoms with Crippen molar-refractivity contribution in [2.24, 2.45) is 0 Å². The van der Waals surface area contributed by atoms with Crippen LogP contribution >= 0.6 is 0 Å². The van der Waals surface area contributed by atoms with Crippen LogP contribution in [-0.2, 0) is 32.6 Å². The molecule has 42 heavy (non-hydrogen) atoms. The lowest BCUT2D eigenvalue weighted by Gasteiger charge is -2.34. The number of nitrogens with one attached hydrogen (secondary N) is 1. The predicted molar refractivity (Wildman–Crippen MR) is 170 cm³/mol. The second-order valence-corrected chi connectivity index (χ2v) is 12.5. The first-order valence-corrected chi connectivity index (χ1v) is 16.1. The van der Waals surface area contributed by atoms with Crippen molar-refractivity contribution in [3.05, 3.63) is 114 Å². The molecule has 8 heteroatoms. The molecule has 220 valence electrons. The summed E-state index contributed by atoms with van der Waals surface area (Å²) in [5.41, 5.74) is 3.20. The monoisotopic (exact) mass is 585 g/mol. The number of fused-ring (bicyclic) bond motifs is 1. The molecule has 0 aliphatic rings. The van der Waals surface area contributed by atoms with Crippen LogP contribution in [0.4, 0.5) is 5.69 Å². The van der Waals surface area contributed by atoms with Gasteiger partial charge in [0.05, 0.1) is 11.9 Å². The summed E-state index contributed by atoms with van der Waals surface area (Å²) >= 11 is 0. The summed E-state index contributed by atoms with van der Waals surface area (Å²) in [5, 5.41) is 4.60. The Balaban J connectivity index is 1.77. The number of hydrogen-bond acceptors (Lipinski definition) is 4. The summed E-state index contributed by atoms with van der Waals surface area (Å²) in [4.78, 5) is 29.6. The molecule has 1 N–H and O–H groups in total. The maximum absolute atomic E-state index is 14.3. The fourth-order valence-electron chi connectivity index (χ4n) is 5.05. The Kier molecular flexibility index (Phi) is 10.4. The van der Waals surface area contributed by atoms with E-state index >= 15 is 0 Å². The number of nitrogens with zero attached hydrogens (tertiary/aromatic N) is 2. The van der Waals surface area contributed by atoms with Crippen LogP contribution in [0, 0.1) is 6.92 Å². The lowest BCUT2D eigenvalue weighted by Crippen LogP contribution is -2.53. The largest absolute Gasteiger partial charge is 0.354 e. The quantitative estimate of drug-likeness (QED) is 0.211. The first-order chi connectivity index (χ1) is 20.2. The van der Waals surface area contributed by atoms with Crippen molar-refractivity contribution in [2.75, 3.05) is 23.7 Å². The van der Waals surface area contributed by atoms with E-state index in [9.17, 15) is 18.0 Å².